The van der Waals surface area contributed by atoms with Gasteiger partial charge in [0.1, 0.15) is 11.9 Å². The Balaban J connectivity index is 2.86. The van der Waals surface area contributed by atoms with Crippen molar-refractivity contribution >= 4 is 21.8 Å². The van der Waals surface area contributed by atoms with E-state index in [1.807, 2.05) is 0 Å². The van der Waals surface area contributed by atoms with E-state index in [1.54, 1.807) is 0 Å². The molecule has 0 unspecified atom stereocenters. The Labute approximate surface area is 165 Å². The highest BCUT2D eigenvalue weighted by atomic mass is 32.2. The maximum Gasteiger partial charge on any atom is 0.261 e. The molecule has 0 fully saturated rings. The zero-order valence-corrected chi connectivity index (χ0v) is 17.2. The fourth-order valence-corrected chi connectivity index (χ4v) is 4.39. The fourth-order valence-electron chi connectivity index (χ4n) is 2.67. The number of hydrogen-bond donors (Lipinski definition) is 3. The minimum atomic E-state index is -4.07. The highest BCUT2D eigenvalue weighted by Gasteiger charge is 2.32. The smallest absolute Gasteiger partial charge is 0.261 e. The first-order valence-corrected chi connectivity index (χ1v) is 10.5. The molecule has 0 saturated carbocycles. The SMILES string of the molecule is CC(=O)NCCCCCCN([C@H](C)C(=O)NO)S(=O)(=O)c1ccc(F)c(C)c1. The van der Waals surface area contributed by atoms with Crippen LogP contribution in [-0.4, -0.2) is 48.9 Å². The van der Waals surface area contributed by atoms with Crippen LogP contribution >= 0.6 is 0 Å². The summed E-state index contributed by atoms with van der Waals surface area (Å²) in [6, 6.07) is 2.30. The summed E-state index contributed by atoms with van der Waals surface area (Å²) < 4.78 is 40.5. The zero-order chi connectivity index (χ0) is 21.3. The summed E-state index contributed by atoms with van der Waals surface area (Å²) in [5.41, 5.74) is 1.65. The summed E-state index contributed by atoms with van der Waals surface area (Å²) in [7, 11) is -4.07. The number of unbranched alkanes of at least 4 members (excludes halogenated alkanes) is 3. The van der Waals surface area contributed by atoms with Crippen LogP contribution < -0.4 is 10.8 Å². The number of amides is 2. The predicted octanol–water partition coefficient (Wildman–Crippen LogP) is 1.72. The van der Waals surface area contributed by atoms with Gasteiger partial charge in [0.2, 0.25) is 15.9 Å². The standard InChI is InChI=1S/C18H28FN3O5S/c1-13-12-16(8-9-17(13)19)28(26,27)22(14(2)18(24)21-25)11-7-5-4-6-10-20-15(3)23/h8-9,12,14,25H,4-7,10-11H2,1-3H3,(H,20,23)(H,21,24)/t14-/m1/s1. The zero-order valence-electron chi connectivity index (χ0n) is 16.4. The van der Waals surface area contributed by atoms with Crippen LogP contribution in [0.25, 0.3) is 0 Å². The third kappa shape index (κ3) is 6.84. The van der Waals surface area contributed by atoms with Crippen LogP contribution in [0.2, 0.25) is 0 Å². The van der Waals surface area contributed by atoms with Crippen molar-refractivity contribution < 1.29 is 27.6 Å². The van der Waals surface area contributed by atoms with E-state index >= 15 is 0 Å². The summed E-state index contributed by atoms with van der Waals surface area (Å²) in [6.45, 7) is 4.88. The summed E-state index contributed by atoms with van der Waals surface area (Å²) in [4.78, 5) is 22.5. The first kappa shape index (κ1) is 24.0. The molecule has 158 valence electrons. The molecule has 0 aliphatic carbocycles. The van der Waals surface area contributed by atoms with Crippen LogP contribution in [0.4, 0.5) is 4.39 Å². The van der Waals surface area contributed by atoms with Crippen molar-refractivity contribution in [3.05, 3.63) is 29.6 Å². The van der Waals surface area contributed by atoms with Crippen molar-refractivity contribution in [2.45, 2.75) is 57.4 Å². The molecule has 2 amide bonds. The highest BCUT2D eigenvalue weighted by molar-refractivity contribution is 7.89. The molecule has 10 heteroatoms. The molecule has 8 nitrogen and oxygen atoms in total. The molecule has 0 spiro atoms. The lowest BCUT2D eigenvalue weighted by molar-refractivity contribution is -0.132. The molecule has 28 heavy (non-hydrogen) atoms. The van der Waals surface area contributed by atoms with Gasteiger partial charge in [-0.05, 0) is 50.5 Å². The third-order valence-electron chi connectivity index (χ3n) is 4.34. The van der Waals surface area contributed by atoms with Crippen LogP contribution in [0.15, 0.2) is 23.1 Å². The van der Waals surface area contributed by atoms with Crippen LogP contribution in [0, 0.1) is 12.7 Å². The average Bonchev–Trinajstić information content (AvgIpc) is 2.64. The Morgan fingerprint density at radius 3 is 2.43 bits per heavy atom. The first-order valence-electron chi connectivity index (χ1n) is 9.07. The van der Waals surface area contributed by atoms with E-state index in [2.05, 4.69) is 5.32 Å². The molecule has 0 bridgehead atoms. The largest absolute Gasteiger partial charge is 0.356 e. The van der Waals surface area contributed by atoms with Gasteiger partial charge in [-0.2, -0.15) is 4.31 Å². The van der Waals surface area contributed by atoms with E-state index in [9.17, 15) is 22.4 Å². The molecule has 3 N–H and O–H groups in total. The first-order chi connectivity index (χ1) is 13.1. The van der Waals surface area contributed by atoms with Crippen molar-refractivity contribution in [1.29, 1.82) is 0 Å². The minimum absolute atomic E-state index is 0.0630. The summed E-state index contributed by atoms with van der Waals surface area (Å²) >= 11 is 0. The molecule has 0 radical (unpaired) electrons. The maximum absolute atomic E-state index is 13.5. The van der Waals surface area contributed by atoms with Crippen molar-refractivity contribution in [2.75, 3.05) is 13.1 Å². The van der Waals surface area contributed by atoms with Crippen molar-refractivity contribution in [3.8, 4) is 0 Å². The lowest BCUT2D eigenvalue weighted by atomic mass is 10.2. The molecule has 1 aromatic rings. The van der Waals surface area contributed by atoms with Gasteiger partial charge < -0.3 is 5.32 Å². The molecular weight excluding hydrogens is 389 g/mol. The van der Waals surface area contributed by atoms with Gasteiger partial charge in [-0.25, -0.2) is 18.3 Å². The van der Waals surface area contributed by atoms with Gasteiger partial charge in [-0.1, -0.05) is 12.8 Å². The second kappa shape index (κ2) is 11.1. The molecular formula is C18H28FN3O5S. The molecule has 0 aliphatic heterocycles. The molecule has 0 aromatic heterocycles. The number of carbonyl (C=O) groups is 2. The van der Waals surface area contributed by atoms with E-state index < -0.39 is 27.8 Å². The van der Waals surface area contributed by atoms with Gasteiger partial charge in [-0.3, -0.25) is 14.8 Å². The number of aryl methyl sites for hydroxylation is 1. The fraction of sp³-hybridized carbons (Fsp3) is 0.556. The van der Waals surface area contributed by atoms with Gasteiger partial charge in [-0.15, -0.1) is 0 Å². The topological polar surface area (TPSA) is 116 Å². The Hall–Kier alpha value is -2.04. The van der Waals surface area contributed by atoms with E-state index in [4.69, 9.17) is 5.21 Å². The van der Waals surface area contributed by atoms with Gasteiger partial charge in [0, 0.05) is 20.0 Å². The number of hydrogen-bond acceptors (Lipinski definition) is 5. The summed E-state index contributed by atoms with van der Waals surface area (Å²) in [6.07, 6.45) is 2.73. The number of nitrogens with zero attached hydrogens (tertiary/aromatic N) is 1. The molecule has 1 rings (SSSR count). The summed E-state index contributed by atoms with van der Waals surface area (Å²) in [5, 5.41) is 11.6. The van der Waals surface area contributed by atoms with Crippen LogP contribution in [0.5, 0.6) is 0 Å². The number of halogens is 1. The van der Waals surface area contributed by atoms with Gasteiger partial charge >= 0.3 is 0 Å². The van der Waals surface area contributed by atoms with E-state index in [1.165, 1.54) is 32.3 Å². The Kier molecular flexibility index (Phi) is 9.50. The van der Waals surface area contributed by atoms with Crippen molar-refractivity contribution in [3.63, 3.8) is 0 Å². The Morgan fingerprint density at radius 1 is 1.21 bits per heavy atom. The number of benzene rings is 1. The quantitative estimate of drug-likeness (QED) is 0.288. The van der Waals surface area contributed by atoms with Crippen molar-refractivity contribution in [1.82, 2.24) is 15.1 Å². The Bertz CT molecular complexity index is 785. The lowest BCUT2D eigenvalue weighted by Crippen LogP contribution is -2.47. The normalized spacial score (nSPS) is 12.6. The monoisotopic (exact) mass is 417 g/mol. The number of hydroxylamine groups is 1. The van der Waals surface area contributed by atoms with E-state index in [0.29, 0.717) is 19.4 Å². The van der Waals surface area contributed by atoms with E-state index in [0.717, 1.165) is 29.3 Å². The van der Waals surface area contributed by atoms with Crippen LogP contribution in [0.1, 0.15) is 45.1 Å². The number of sulfonamides is 1. The molecule has 0 saturated heterocycles. The minimum Gasteiger partial charge on any atom is -0.356 e. The molecule has 1 atom stereocenters. The number of carbonyl (C=O) groups excluding carboxylic acids is 2. The lowest BCUT2D eigenvalue weighted by Gasteiger charge is -2.27. The average molecular weight is 418 g/mol. The van der Waals surface area contributed by atoms with Crippen LogP contribution in [-0.2, 0) is 19.6 Å². The van der Waals surface area contributed by atoms with Crippen molar-refractivity contribution in [2.24, 2.45) is 0 Å². The van der Waals surface area contributed by atoms with Crippen LogP contribution in [0.3, 0.4) is 0 Å². The predicted molar refractivity (Wildman–Crippen MR) is 102 cm³/mol. The molecule has 0 aliphatic rings. The number of rotatable bonds is 11. The number of nitrogens with one attached hydrogen (secondary N) is 2. The molecule has 0 heterocycles. The Morgan fingerprint density at radius 2 is 1.86 bits per heavy atom. The second-order valence-electron chi connectivity index (χ2n) is 6.58. The summed E-state index contributed by atoms with van der Waals surface area (Å²) in [5.74, 6) is -1.48. The van der Waals surface area contributed by atoms with E-state index in [-0.39, 0.29) is 22.9 Å². The maximum atomic E-state index is 13.5. The van der Waals surface area contributed by atoms with Gasteiger partial charge in [0.05, 0.1) is 4.90 Å². The molecule has 1 aromatic carbocycles. The second-order valence-corrected chi connectivity index (χ2v) is 8.47. The highest BCUT2D eigenvalue weighted by Crippen LogP contribution is 2.22. The van der Waals surface area contributed by atoms with Gasteiger partial charge in [0.15, 0.2) is 0 Å². The van der Waals surface area contributed by atoms with Gasteiger partial charge in [0.25, 0.3) is 5.91 Å². The third-order valence-corrected chi connectivity index (χ3v) is 6.30.